The van der Waals surface area contributed by atoms with Gasteiger partial charge in [-0.3, -0.25) is 9.48 Å². The third kappa shape index (κ3) is 3.57. The lowest BCUT2D eigenvalue weighted by Gasteiger charge is -2.10. The van der Waals surface area contributed by atoms with Crippen molar-refractivity contribution in [3.63, 3.8) is 0 Å². The Morgan fingerprint density at radius 3 is 2.89 bits per heavy atom. The predicted molar refractivity (Wildman–Crippen MR) is 78.8 cm³/mol. The maximum absolute atomic E-state index is 11.9. The van der Waals surface area contributed by atoms with Crippen molar-refractivity contribution in [1.29, 1.82) is 0 Å². The van der Waals surface area contributed by atoms with Crippen molar-refractivity contribution in [3.8, 4) is 0 Å². The first-order chi connectivity index (χ1) is 9.08. The summed E-state index contributed by atoms with van der Waals surface area (Å²) in [7, 11) is 0. The molecule has 1 heterocycles. The van der Waals surface area contributed by atoms with Crippen LogP contribution >= 0.6 is 15.9 Å². The summed E-state index contributed by atoms with van der Waals surface area (Å²) < 4.78 is 2.51. The average Bonchev–Trinajstić information content (AvgIpc) is 2.76. The van der Waals surface area contributed by atoms with E-state index >= 15 is 0 Å². The highest BCUT2D eigenvalue weighted by molar-refractivity contribution is 9.10. The van der Waals surface area contributed by atoms with Crippen molar-refractivity contribution < 1.29 is 4.79 Å². The van der Waals surface area contributed by atoms with Crippen molar-refractivity contribution in [3.05, 3.63) is 40.5 Å². The van der Waals surface area contributed by atoms with Crippen LogP contribution in [-0.2, 0) is 17.8 Å². The van der Waals surface area contributed by atoms with E-state index in [1.54, 1.807) is 12.3 Å². The topological polar surface area (TPSA) is 72.9 Å². The van der Waals surface area contributed by atoms with Gasteiger partial charge in [-0.1, -0.05) is 22.9 Å². The average molecular weight is 323 g/mol. The number of nitrogens with zero attached hydrogens (tertiary/aromatic N) is 2. The van der Waals surface area contributed by atoms with Gasteiger partial charge in [-0.2, -0.15) is 5.10 Å². The largest absolute Gasteiger partial charge is 0.382 e. The number of nitrogens with two attached hydrogens (primary N) is 1. The number of hydrogen-bond donors (Lipinski definition) is 2. The number of benzene rings is 1. The van der Waals surface area contributed by atoms with E-state index in [-0.39, 0.29) is 12.5 Å². The molecule has 0 bridgehead atoms. The number of halogens is 1. The van der Waals surface area contributed by atoms with Crippen LogP contribution in [0.4, 0.5) is 11.5 Å². The fourth-order valence-electron chi connectivity index (χ4n) is 1.78. The number of carbonyl (C=O) groups excluding carboxylic acids is 1. The van der Waals surface area contributed by atoms with E-state index in [2.05, 4.69) is 26.3 Å². The number of anilines is 2. The van der Waals surface area contributed by atoms with Crippen molar-refractivity contribution in [1.82, 2.24) is 9.78 Å². The molecule has 1 aromatic heterocycles. The van der Waals surface area contributed by atoms with Gasteiger partial charge in [0.05, 0.1) is 0 Å². The summed E-state index contributed by atoms with van der Waals surface area (Å²) in [6, 6.07) is 7.45. The molecule has 5 nitrogen and oxygen atoms in total. The lowest BCUT2D eigenvalue weighted by Crippen LogP contribution is -2.19. The summed E-state index contributed by atoms with van der Waals surface area (Å²) >= 11 is 3.42. The number of aryl methyl sites for hydroxylation is 1. The molecule has 0 saturated carbocycles. The van der Waals surface area contributed by atoms with Gasteiger partial charge >= 0.3 is 0 Å². The molecule has 0 fully saturated rings. The Morgan fingerprint density at radius 1 is 1.47 bits per heavy atom. The first-order valence-electron chi connectivity index (χ1n) is 5.95. The first-order valence-corrected chi connectivity index (χ1v) is 6.75. The zero-order valence-electron chi connectivity index (χ0n) is 10.6. The second-order valence-electron chi connectivity index (χ2n) is 4.14. The number of amides is 1. The monoisotopic (exact) mass is 322 g/mol. The molecule has 6 heteroatoms. The third-order valence-electron chi connectivity index (χ3n) is 2.69. The Labute approximate surface area is 119 Å². The fraction of sp³-hybridized carbons (Fsp3) is 0.231. The van der Waals surface area contributed by atoms with Crippen LogP contribution in [-0.4, -0.2) is 15.7 Å². The molecule has 0 radical (unpaired) electrons. The molecule has 0 atom stereocenters. The van der Waals surface area contributed by atoms with Crippen LogP contribution in [0.3, 0.4) is 0 Å². The van der Waals surface area contributed by atoms with Crippen LogP contribution in [0.15, 0.2) is 34.9 Å². The molecule has 1 amide bonds. The first kappa shape index (κ1) is 13.6. The number of carbonyl (C=O) groups is 1. The van der Waals surface area contributed by atoms with E-state index in [1.165, 1.54) is 4.68 Å². The highest BCUT2D eigenvalue weighted by atomic mass is 79.9. The molecule has 0 aliphatic carbocycles. The smallest absolute Gasteiger partial charge is 0.246 e. The number of nitrogens with one attached hydrogen (secondary N) is 1. The molecule has 3 N–H and O–H groups in total. The van der Waals surface area contributed by atoms with Crippen molar-refractivity contribution in [2.45, 2.75) is 19.9 Å². The summed E-state index contributed by atoms with van der Waals surface area (Å²) in [4.78, 5) is 11.9. The van der Waals surface area contributed by atoms with Gasteiger partial charge in [-0.05, 0) is 36.2 Å². The minimum atomic E-state index is -0.125. The van der Waals surface area contributed by atoms with E-state index in [0.29, 0.717) is 5.82 Å². The third-order valence-corrected chi connectivity index (χ3v) is 3.18. The maximum atomic E-state index is 11.9. The van der Waals surface area contributed by atoms with Crippen LogP contribution in [0.2, 0.25) is 0 Å². The lowest BCUT2D eigenvalue weighted by atomic mass is 10.1. The molecular weight excluding hydrogens is 308 g/mol. The Morgan fingerprint density at radius 2 is 2.26 bits per heavy atom. The van der Waals surface area contributed by atoms with Crippen LogP contribution in [0, 0.1) is 0 Å². The van der Waals surface area contributed by atoms with Gasteiger partial charge < -0.3 is 11.1 Å². The summed E-state index contributed by atoms with van der Waals surface area (Å²) in [5.41, 5.74) is 7.42. The normalized spacial score (nSPS) is 10.4. The zero-order valence-corrected chi connectivity index (χ0v) is 12.1. The molecule has 100 valence electrons. The Bertz CT molecular complexity index is 594. The highest BCUT2D eigenvalue weighted by Gasteiger charge is 2.08. The number of hydrogen-bond acceptors (Lipinski definition) is 3. The molecule has 19 heavy (non-hydrogen) atoms. The van der Waals surface area contributed by atoms with Gasteiger partial charge in [-0.15, -0.1) is 0 Å². The summed E-state index contributed by atoms with van der Waals surface area (Å²) in [6.45, 7) is 2.20. The fourth-order valence-corrected chi connectivity index (χ4v) is 2.19. The summed E-state index contributed by atoms with van der Waals surface area (Å²) in [5, 5.41) is 6.86. The predicted octanol–water partition coefficient (Wildman–Crippen LogP) is 2.43. The number of rotatable bonds is 4. The van der Waals surface area contributed by atoms with E-state index < -0.39 is 0 Å². The van der Waals surface area contributed by atoms with Crippen LogP contribution in [0.1, 0.15) is 12.5 Å². The molecule has 0 aliphatic rings. The van der Waals surface area contributed by atoms with Gasteiger partial charge in [-0.25, -0.2) is 0 Å². The Hall–Kier alpha value is -1.82. The Balaban J connectivity index is 2.06. The van der Waals surface area contributed by atoms with Gasteiger partial charge in [0.15, 0.2) is 0 Å². The maximum Gasteiger partial charge on any atom is 0.246 e. The lowest BCUT2D eigenvalue weighted by molar-refractivity contribution is -0.116. The standard InChI is InChI=1S/C13H15BrN4O/c1-2-9-7-10(14)3-4-11(9)16-13(19)8-18-6-5-12(15)17-18/h3-7H,2,8H2,1H3,(H2,15,17)(H,16,19). The van der Waals surface area contributed by atoms with Gasteiger partial charge in [0.25, 0.3) is 0 Å². The molecule has 0 spiro atoms. The second-order valence-corrected chi connectivity index (χ2v) is 5.06. The van der Waals surface area contributed by atoms with Gasteiger partial charge in [0.2, 0.25) is 5.91 Å². The van der Waals surface area contributed by atoms with E-state index in [9.17, 15) is 4.79 Å². The van der Waals surface area contributed by atoms with Crippen LogP contribution in [0.25, 0.3) is 0 Å². The van der Waals surface area contributed by atoms with Crippen molar-refractivity contribution in [2.75, 3.05) is 11.1 Å². The molecule has 2 rings (SSSR count). The Kier molecular flexibility index (Phi) is 4.21. The van der Waals surface area contributed by atoms with Crippen molar-refractivity contribution >= 4 is 33.3 Å². The van der Waals surface area contributed by atoms with Gasteiger partial charge in [0.1, 0.15) is 12.4 Å². The molecule has 0 aliphatic heterocycles. The second kappa shape index (κ2) is 5.88. The van der Waals surface area contributed by atoms with Crippen LogP contribution in [0.5, 0.6) is 0 Å². The van der Waals surface area contributed by atoms with E-state index in [0.717, 1.165) is 22.1 Å². The highest BCUT2D eigenvalue weighted by Crippen LogP contribution is 2.21. The summed E-state index contributed by atoms with van der Waals surface area (Å²) in [5.74, 6) is 0.283. The molecule has 2 aromatic rings. The SMILES string of the molecule is CCc1cc(Br)ccc1NC(=O)Cn1ccc(N)n1. The minimum absolute atomic E-state index is 0.125. The summed E-state index contributed by atoms with van der Waals surface area (Å²) in [6.07, 6.45) is 2.53. The molecule has 1 aromatic carbocycles. The molecule has 0 saturated heterocycles. The van der Waals surface area contributed by atoms with E-state index in [4.69, 9.17) is 5.73 Å². The molecular formula is C13H15BrN4O. The minimum Gasteiger partial charge on any atom is -0.382 e. The van der Waals surface area contributed by atoms with E-state index in [1.807, 2.05) is 25.1 Å². The van der Waals surface area contributed by atoms with Crippen LogP contribution < -0.4 is 11.1 Å². The number of nitrogen functional groups attached to an aromatic ring is 1. The quantitative estimate of drug-likeness (QED) is 0.908. The zero-order chi connectivity index (χ0) is 13.8. The van der Waals surface area contributed by atoms with Gasteiger partial charge in [0, 0.05) is 16.4 Å². The number of aromatic nitrogens is 2. The molecule has 0 unspecified atom stereocenters. The van der Waals surface area contributed by atoms with Crippen molar-refractivity contribution in [2.24, 2.45) is 0 Å².